The van der Waals surface area contributed by atoms with E-state index in [1.807, 2.05) is 18.2 Å². The number of likely N-dealkylation sites (tertiary alicyclic amines) is 1. The van der Waals surface area contributed by atoms with Crippen LogP contribution in [-0.4, -0.2) is 23.7 Å². The number of piperidine rings is 1. The molecule has 2 fully saturated rings. The number of hydrogen-bond donors (Lipinski definition) is 0. The second-order valence-electron chi connectivity index (χ2n) is 6.45. The molecule has 110 valence electrons. The molecule has 20 heavy (non-hydrogen) atoms. The summed E-state index contributed by atoms with van der Waals surface area (Å²) < 4.78 is 6.14. The van der Waals surface area contributed by atoms with Gasteiger partial charge in [0.1, 0.15) is 12.0 Å². The van der Waals surface area contributed by atoms with E-state index in [9.17, 15) is 0 Å². The molecule has 1 aliphatic heterocycles. The standard InChI is InChI=1S/C18H27NO/c1-15(20-18-11-3-2-4-12-18)19-13-6-5-10-17(19)14-16-8-7-9-16/h2-4,11-12,15-17H,5-10,13-14H2,1H3. The minimum Gasteiger partial charge on any atom is -0.475 e. The summed E-state index contributed by atoms with van der Waals surface area (Å²) in [5, 5.41) is 0. The number of benzene rings is 1. The second kappa shape index (κ2) is 6.62. The Morgan fingerprint density at radius 1 is 1.10 bits per heavy atom. The molecule has 0 radical (unpaired) electrons. The number of ether oxygens (including phenoxy) is 1. The Morgan fingerprint density at radius 3 is 2.60 bits per heavy atom. The van der Waals surface area contributed by atoms with Crippen LogP contribution >= 0.6 is 0 Å². The molecule has 0 N–H and O–H groups in total. The molecular weight excluding hydrogens is 246 g/mol. The molecule has 1 saturated heterocycles. The molecule has 1 aromatic carbocycles. The van der Waals surface area contributed by atoms with Crippen molar-refractivity contribution in [3.63, 3.8) is 0 Å². The van der Waals surface area contributed by atoms with Crippen LogP contribution in [0.15, 0.2) is 30.3 Å². The quantitative estimate of drug-likeness (QED) is 0.785. The van der Waals surface area contributed by atoms with Gasteiger partial charge in [0.2, 0.25) is 0 Å². The predicted octanol–water partition coefficient (Wildman–Crippen LogP) is 4.46. The van der Waals surface area contributed by atoms with Crippen LogP contribution in [0.3, 0.4) is 0 Å². The van der Waals surface area contributed by atoms with Crippen LogP contribution in [0.1, 0.15) is 51.9 Å². The van der Waals surface area contributed by atoms with Gasteiger partial charge in [-0.05, 0) is 44.2 Å². The van der Waals surface area contributed by atoms with Gasteiger partial charge in [-0.15, -0.1) is 0 Å². The lowest BCUT2D eigenvalue weighted by atomic mass is 9.79. The lowest BCUT2D eigenvalue weighted by Gasteiger charge is -2.42. The molecule has 1 aliphatic carbocycles. The number of hydrogen-bond acceptors (Lipinski definition) is 2. The van der Waals surface area contributed by atoms with Crippen molar-refractivity contribution < 1.29 is 4.74 Å². The van der Waals surface area contributed by atoms with Crippen molar-refractivity contribution in [3.8, 4) is 5.75 Å². The topological polar surface area (TPSA) is 12.5 Å². The first kappa shape index (κ1) is 13.9. The maximum Gasteiger partial charge on any atom is 0.150 e. The fourth-order valence-corrected chi connectivity index (χ4v) is 3.63. The van der Waals surface area contributed by atoms with Gasteiger partial charge in [-0.3, -0.25) is 4.90 Å². The van der Waals surface area contributed by atoms with E-state index in [0.29, 0.717) is 0 Å². The minimum absolute atomic E-state index is 0.197. The Kier molecular flexibility index (Phi) is 4.62. The lowest BCUT2D eigenvalue weighted by Crippen LogP contribution is -2.48. The first-order valence-electron chi connectivity index (χ1n) is 8.30. The highest BCUT2D eigenvalue weighted by atomic mass is 16.5. The average molecular weight is 273 g/mol. The molecule has 0 aromatic heterocycles. The highest BCUT2D eigenvalue weighted by molar-refractivity contribution is 5.21. The summed E-state index contributed by atoms with van der Waals surface area (Å²) in [5.41, 5.74) is 0. The first-order chi connectivity index (χ1) is 9.83. The molecule has 0 amide bonds. The van der Waals surface area contributed by atoms with Crippen LogP contribution in [0.5, 0.6) is 5.75 Å². The monoisotopic (exact) mass is 273 g/mol. The Labute approximate surface area is 123 Å². The lowest BCUT2D eigenvalue weighted by molar-refractivity contribution is -0.0222. The Morgan fingerprint density at radius 2 is 1.90 bits per heavy atom. The van der Waals surface area contributed by atoms with Crippen LogP contribution in [0, 0.1) is 5.92 Å². The summed E-state index contributed by atoms with van der Waals surface area (Å²) in [7, 11) is 0. The van der Waals surface area contributed by atoms with Gasteiger partial charge < -0.3 is 4.74 Å². The van der Waals surface area contributed by atoms with Gasteiger partial charge in [0.25, 0.3) is 0 Å². The van der Waals surface area contributed by atoms with Crippen molar-refractivity contribution in [1.82, 2.24) is 4.90 Å². The van der Waals surface area contributed by atoms with E-state index in [1.165, 1.54) is 51.5 Å². The van der Waals surface area contributed by atoms with Crippen molar-refractivity contribution in [2.75, 3.05) is 6.54 Å². The van der Waals surface area contributed by atoms with Gasteiger partial charge in [0, 0.05) is 12.6 Å². The largest absolute Gasteiger partial charge is 0.475 e. The summed E-state index contributed by atoms with van der Waals surface area (Å²) in [6.07, 6.45) is 10.0. The highest BCUT2D eigenvalue weighted by Gasteiger charge is 2.31. The molecule has 1 saturated carbocycles. The van der Waals surface area contributed by atoms with Gasteiger partial charge in [-0.25, -0.2) is 0 Å². The summed E-state index contributed by atoms with van der Waals surface area (Å²) in [4.78, 5) is 2.61. The summed E-state index contributed by atoms with van der Waals surface area (Å²) in [6.45, 7) is 3.41. The van der Waals surface area contributed by atoms with Gasteiger partial charge in [-0.1, -0.05) is 43.9 Å². The highest BCUT2D eigenvalue weighted by Crippen LogP contribution is 2.35. The molecule has 2 unspecified atom stereocenters. The Balaban J connectivity index is 1.59. The molecular formula is C18H27NO. The maximum absolute atomic E-state index is 6.14. The molecule has 0 spiro atoms. The van der Waals surface area contributed by atoms with Crippen LogP contribution < -0.4 is 4.74 Å². The van der Waals surface area contributed by atoms with E-state index in [-0.39, 0.29) is 6.23 Å². The zero-order valence-corrected chi connectivity index (χ0v) is 12.6. The summed E-state index contributed by atoms with van der Waals surface area (Å²) >= 11 is 0. The van der Waals surface area contributed by atoms with E-state index in [4.69, 9.17) is 4.74 Å². The molecule has 1 aromatic rings. The molecule has 0 bridgehead atoms. The minimum atomic E-state index is 0.197. The molecule has 2 aliphatic rings. The van der Waals surface area contributed by atoms with Crippen molar-refractivity contribution >= 4 is 0 Å². The van der Waals surface area contributed by atoms with Gasteiger partial charge in [-0.2, -0.15) is 0 Å². The molecule has 2 atom stereocenters. The number of nitrogens with zero attached hydrogens (tertiary/aromatic N) is 1. The second-order valence-corrected chi connectivity index (χ2v) is 6.45. The Bertz CT molecular complexity index is 401. The van der Waals surface area contributed by atoms with E-state index in [0.717, 1.165) is 17.7 Å². The van der Waals surface area contributed by atoms with E-state index in [2.05, 4.69) is 24.0 Å². The van der Waals surface area contributed by atoms with Gasteiger partial charge in [0.15, 0.2) is 0 Å². The fourth-order valence-electron chi connectivity index (χ4n) is 3.63. The number of para-hydroxylation sites is 1. The maximum atomic E-state index is 6.14. The summed E-state index contributed by atoms with van der Waals surface area (Å²) in [6, 6.07) is 11.0. The van der Waals surface area contributed by atoms with Crippen molar-refractivity contribution in [2.45, 2.75) is 64.1 Å². The van der Waals surface area contributed by atoms with E-state index in [1.54, 1.807) is 0 Å². The normalized spacial score (nSPS) is 25.9. The van der Waals surface area contributed by atoms with Crippen LogP contribution in [-0.2, 0) is 0 Å². The third-order valence-corrected chi connectivity index (χ3v) is 5.02. The first-order valence-corrected chi connectivity index (χ1v) is 8.30. The smallest absolute Gasteiger partial charge is 0.150 e. The third kappa shape index (κ3) is 3.35. The van der Waals surface area contributed by atoms with Crippen LogP contribution in [0.4, 0.5) is 0 Å². The van der Waals surface area contributed by atoms with Gasteiger partial charge in [0.05, 0.1) is 0 Å². The van der Waals surface area contributed by atoms with E-state index < -0.39 is 0 Å². The molecule has 1 heterocycles. The molecule has 2 heteroatoms. The van der Waals surface area contributed by atoms with E-state index >= 15 is 0 Å². The fraction of sp³-hybridized carbons (Fsp3) is 0.667. The van der Waals surface area contributed by atoms with Gasteiger partial charge >= 0.3 is 0 Å². The number of rotatable bonds is 5. The van der Waals surface area contributed by atoms with Crippen LogP contribution in [0.25, 0.3) is 0 Å². The average Bonchev–Trinajstić information content (AvgIpc) is 2.44. The third-order valence-electron chi connectivity index (χ3n) is 5.02. The molecule has 2 nitrogen and oxygen atoms in total. The Hall–Kier alpha value is -1.02. The zero-order valence-electron chi connectivity index (χ0n) is 12.6. The van der Waals surface area contributed by atoms with Crippen molar-refractivity contribution in [2.24, 2.45) is 5.92 Å². The van der Waals surface area contributed by atoms with Crippen molar-refractivity contribution in [3.05, 3.63) is 30.3 Å². The zero-order chi connectivity index (χ0) is 13.8. The summed E-state index contributed by atoms with van der Waals surface area (Å²) in [5.74, 6) is 1.98. The van der Waals surface area contributed by atoms with Crippen LogP contribution in [0.2, 0.25) is 0 Å². The SMILES string of the molecule is CC(Oc1ccccc1)N1CCCCC1CC1CCC1. The van der Waals surface area contributed by atoms with Crippen molar-refractivity contribution in [1.29, 1.82) is 0 Å². The predicted molar refractivity (Wildman–Crippen MR) is 82.8 cm³/mol. The molecule has 3 rings (SSSR count).